The Morgan fingerprint density at radius 3 is 2.17 bits per heavy atom. The maximum atomic E-state index is 12.6. The minimum Gasteiger partial charge on any atom is -0.516 e. The smallest absolute Gasteiger partial charge is 0.264 e. The molecule has 24 heavy (non-hydrogen) atoms. The topological polar surface area (TPSA) is 89.8 Å². The average Bonchev–Trinajstić information content (AvgIpc) is 2.79. The Labute approximate surface area is 162 Å². The zero-order valence-corrected chi connectivity index (χ0v) is 15.7. The number of anilines is 1. The van der Waals surface area contributed by atoms with Gasteiger partial charge in [-0.1, -0.05) is 19.1 Å². The van der Waals surface area contributed by atoms with Crippen LogP contribution >= 0.6 is 0 Å². The van der Waals surface area contributed by atoms with Crippen molar-refractivity contribution >= 4 is 23.2 Å². The predicted octanol–water partition coefficient (Wildman–Crippen LogP) is 2.51. The summed E-state index contributed by atoms with van der Waals surface area (Å²) in [6, 6.07) is 10.4. The number of methoxy groups -OCH3 is 1. The number of carbonyl (C=O) groups excluding carboxylic acids is 2. The number of nitrogens with zero attached hydrogens (tertiary/aromatic N) is 2. The fourth-order valence-corrected chi connectivity index (χ4v) is 2.60. The Hall–Kier alpha value is -2.12. The van der Waals surface area contributed by atoms with Gasteiger partial charge in [-0.05, 0) is 12.1 Å². The molecule has 2 aromatic carbocycles. The molecule has 1 heterocycles. The fraction of sp³-hybridized carbons (Fsp3) is 0.125. The van der Waals surface area contributed by atoms with Gasteiger partial charge in [0.25, 0.3) is 11.8 Å². The molecule has 119 valence electrons. The summed E-state index contributed by atoms with van der Waals surface area (Å²) in [5.41, 5.74) is 0.279. The van der Waals surface area contributed by atoms with Crippen LogP contribution in [0.4, 0.5) is 11.4 Å². The number of nitro benzene ring substituents is 1. The van der Waals surface area contributed by atoms with Crippen LogP contribution in [0.3, 0.4) is 0 Å². The maximum absolute atomic E-state index is 12.6. The number of carbonyl (C=O) groups is 2. The third-order valence-electron chi connectivity index (χ3n) is 3.64. The van der Waals surface area contributed by atoms with Gasteiger partial charge in [-0.3, -0.25) is 24.6 Å². The monoisotopic (exact) mass is 400 g/mol. The minimum absolute atomic E-state index is 0. The summed E-state index contributed by atoms with van der Waals surface area (Å²) in [7, 11) is 1.26. The van der Waals surface area contributed by atoms with Crippen molar-refractivity contribution < 1.29 is 52.0 Å². The molecule has 0 aromatic heterocycles. The van der Waals surface area contributed by atoms with Crippen molar-refractivity contribution in [1.29, 1.82) is 0 Å². The van der Waals surface area contributed by atoms with Crippen molar-refractivity contribution in [2.24, 2.45) is 0 Å². The van der Waals surface area contributed by atoms with Crippen molar-refractivity contribution in [3.63, 3.8) is 0 Å². The van der Waals surface area contributed by atoms with Gasteiger partial charge in [-0.2, -0.15) is 6.07 Å². The first kappa shape index (κ1) is 18.2. The molecule has 1 radical (unpaired) electrons. The van der Waals surface area contributed by atoms with Gasteiger partial charge in [0.15, 0.2) is 0 Å². The summed E-state index contributed by atoms with van der Waals surface area (Å²) in [6.45, 7) is 1.57. The zero-order chi connectivity index (χ0) is 16.7. The van der Waals surface area contributed by atoms with E-state index in [9.17, 15) is 19.7 Å². The molecule has 3 rings (SSSR count). The standard InChI is InChI=1S/C16H11N2O5.Y/c1-9-7-8-12(23-2)14(18(21)22)13(9)17-15(19)10-5-3-4-6-11(10)16(17)20;/h3-7H,1-2H3;/q-1;. The van der Waals surface area contributed by atoms with E-state index in [1.54, 1.807) is 19.1 Å². The van der Waals surface area contributed by atoms with Crippen LogP contribution < -0.4 is 9.64 Å². The molecule has 0 saturated carbocycles. The molecule has 8 heteroatoms. The van der Waals surface area contributed by atoms with Gasteiger partial charge in [0, 0.05) is 43.3 Å². The van der Waals surface area contributed by atoms with Crippen LogP contribution in [0.15, 0.2) is 30.3 Å². The van der Waals surface area contributed by atoms with Crippen LogP contribution in [0, 0.1) is 23.1 Å². The normalized spacial score (nSPS) is 12.7. The van der Waals surface area contributed by atoms with Gasteiger partial charge >= 0.3 is 0 Å². The first-order valence-electron chi connectivity index (χ1n) is 6.68. The van der Waals surface area contributed by atoms with Gasteiger partial charge in [0.1, 0.15) is 0 Å². The van der Waals surface area contributed by atoms with E-state index in [4.69, 9.17) is 4.74 Å². The molecule has 0 N–H and O–H groups in total. The van der Waals surface area contributed by atoms with Crippen molar-refractivity contribution in [2.45, 2.75) is 6.92 Å². The Morgan fingerprint density at radius 1 is 1.17 bits per heavy atom. The van der Waals surface area contributed by atoms with Crippen LogP contribution in [0.25, 0.3) is 0 Å². The van der Waals surface area contributed by atoms with Gasteiger partial charge in [0.05, 0.1) is 24.0 Å². The predicted molar refractivity (Wildman–Crippen MR) is 80.8 cm³/mol. The summed E-state index contributed by atoms with van der Waals surface area (Å²) in [5.74, 6) is -1.32. The van der Waals surface area contributed by atoms with Gasteiger partial charge < -0.3 is 4.74 Å². The zero-order valence-electron chi connectivity index (χ0n) is 12.9. The summed E-state index contributed by atoms with van der Waals surface area (Å²) in [4.78, 5) is 36.7. The summed E-state index contributed by atoms with van der Waals surface area (Å²) in [5, 5.41) is 11.5. The van der Waals surface area contributed by atoms with Crippen molar-refractivity contribution in [1.82, 2.24) is 0 Å². The first-order valence-corrected chi connectivity index (χ1v) is 6.68. The van der Waals surface area contributed by atoms with Crippen LogP contribution in [0.2, 0.25) is 0 Å². The largest absolute Gasteiger partial charge is 0.516 e. The van der Waals surface area contributed by atoms with E-state index in [1.165, 1.54) is 25.3 Å². The van der Waals surface area contributed by atoms with Crippen molar-refractivity contribution in [3.8, 4) is 5.75 Å². The number of aryl methyl sites for hydroxylation is 1. The molecular formula is C16H11N2O5Y-. The number of benzene rings is 2. The molecule has 1 aliphatic heterocycles. The second kappa shape index (κ2) is 6.79. The molecule has 0 fully saturated rings. The number of fused-ring (bicyclic) bond motifs is 1. The van der Waals surface area contributed by atoms with Crippen molar-refractivity contribution in [3.05, 3.63) is 63.2 Å². The number of amides is 2. The summed E-state index contributed by atoms with van der Waals surface area (Å²) >= 11 is 0. The maximum Gasteiger partial charge on any atom is 0.264 e. The molecule has 0 bridgehead atoms. The third kappa shape index (κ3) is 2.63. The van der Waals surface area contributed by atoms with E-state index in [-0.39, 0.29) is 55.3 Å². The second-order valence-electron chi connectivity index (χ2n) is 4.95. The Morgan fingerprint density at radius 2 is 1.71 bits per heavy atom. The van der Waals surface area contributed by atoms with Crippen LogP contribution in [0.5, 0.6) is 5.75 Å². The minimum atomic E-state index is -0.679. The molecule has 1 aliphatic rings. The number of hydrogen-bond donors (Lipinski definition) is 0. The number of nitro groups is 1. The second-order valence-corrected chi connectivity index (χ2v) is 4.95. The van der Waals surface area contributed by atoms with E-state index in [0.29, 0.717) is 5.56 Å². The molecular weight excluding hydrogens is 389 g/mol. The number of hydrogen-bond acceptors (Lipinski definition) is 5. The van der Waals surface area contributed by atoms with E-state index in [2.05, 4.69) is 6.07 Å². The molecule has 2 amide bonds. The van der Waals surface area contributed by atoms with Crippen LogP contribution in [-0.4, -0.2) is 23.8 Å². The van der Waals surface area contributed by atoms with Crippen LogP contribution in [0.1, 0.15) is 26.3 Å². The Balaban J connectivity index is 0.00000208. The van der Waals surface area contributed by atoms with E-state index >= 15 is 0 Å². The summed E-state index contributed by atoms with van der Waals surface area (Å²) in [6.07, 6.45) is 0. The Bertz CT molecular complexity index is 831. The molecule has 0 spiro atoms. The van der Waals surface area contributed by atoms with Gasteiger partial charge in [-0.15, -0.1) is 11.6 Å². The number of rotatable bonds is 3. The van der Waals surface area contributed by atoms with Crippen LogP contribution in [-0.2, 0) is 32.7 Å². The molecule has 0 saturated heterocycles. The SMILES string of the molecule is COc1[c-]cc(C)c(N2C(=O)c3ccccc3C2=O)c1[N+](=O)[O-].[Y]. The van der Waals surface area contributed by atoms with E-state index < -0.39 is 22.4 Å². The van der Waals surface area contributed by atoms with Crippen molar-refractivity contribution in [2.75, 3.05) is 12.0 Å². The fourth-order valence-electron chi connectivity index (χ4n) is 2.60. The third-order valence-corrected chi connectivity index (χ3v) is 3.64. The average molecular weight is 400 g/mol. The quantitative estimate of drug-likeness (QED) is 0.342. The number of imide groups is 1. The Kier molecular flexibility index (Phi) is 5.15. The number of ether oxygens (including phenoxy) is 1. The molecule has 7 nitrogen and oxygen atoms in total. The first-order chi connectivity index (χ1) is 11.0. The molecule has 0 unspecified atom stereocenters. The molecule has 0 atom stereocenters. The van der Waals surface area contributed by atoms with Gasteiger partial charge in [-0.25, -0.2) is 0 Å². The summed E-state index contributed by atoms with van der Waals surface area (Å²) < 4.78 is 4.96. The molecule has 0 aliphatic carbocycles. The van der Waals surface area contributed by atoms with Gasteiger partial charge in [0.2, 0.25) is 5.69 Å². The van der Waals surface area contributed by atoms with E-state index in [1.807, 2.05) is 0 Å². The molecule has 2 aromatic rings. The van der Waals surface area contributed by atoms with E-state index in [0.717, 1.165) is 4.90 Å².